The maximum Gasteiger partial charge on any atom is 0.264 e. The molecule has 1 aliphatic heterocycles. The van der Waals surface area contributed by atoms with Gasteiger partial charge < -0.3 is 10.6 Å². The van der Waals surface area contributed by atoms with E-state index in [9.17, 15) is 19.2 Å². The fraction of sp³-hybridized carbons (Fsp3) is 0.444. The monoisotopic (exact) mass is 343 g/mol. The highest BCUT2D eigenvalue weighted by Gasteiger charge is 2.54. The van der Waals surface area contributed by atoms with Crippen molar-refractivity contribution in [1.29, 1.82) is 0 Å². The minimum absolute atomic E-state index is 0.163. The Morgan fingerprint density at radius 2 is 1.76 bits per heavy atom. The van der Waals surface area contributed by atoms with E-state index >= 15 is 0 Å². The number of hydrogen-bond acceptors (Lipinski definition) is 4. The number of imide groups is 1. The second-order valence-electron chi connectivity index (χ2n) is 6.53. The Bertz CT molecular complexity index is 766. The molecule has 1 saturated carbocycles. The number of hydrogen-bond donors (Lipinski definition) is 2. The van der Waals surface area contributed by atoms with Crippen LogP contribution in [0.3, 0.4) is 0 Å². The molecule has 0 atom stereocenters. The van der Waals surface area contributed by atoms with Gasteiger partial charge in [-0.2, -0.15) is 0 Å². The Labute approximate surface area is 145 Å². The van der Waals surface area contributed by atoms with Crippen LogP contribution in [0.5, 0.6) is 0 Å². The van der Waals surface area contributed by atoms with Gasteiger partial charge in [-0.15, -0.1) is 0 Å². The second-order valence-corrected chi connectivity index (χ2v) is 6.53. The molecule has 0 radical (unpaired) electrons. The molecule has 25 heavy (non-hydrogen) atoms. The van der Waals surface area contributed by atoms with E-state index in [0.717, 1.165) is 24.2 Å². The summed E-state index contributed by atoms with van der Waals surface area (Å²) in [7, 11) is 1.51. The summed E-state index contributed by atoms with van der Waals surface area (Å²) in [6, 6.07) is 4.76. The van der Waals surface area contributed by atoms with E-state index in [1.54, 1.807) is 18.2 Å². The second kappa shape index (κ2) is 6.31. The van der Waals surface area contributed by atoms with Crippen molar-refractivity contribution in [3.8, 4) is 0 Å². The predicted molar refractivity (Wildman–Crippen MR) is 91.1 cm³/mol. The molecular formula is C18H21N3O4. The molecule has 0 unspecified atom stereocenters. The first-order chi connectivity index (χ1) is 11.9. The number of carbonyl (C=O) groups is 4. The highest BCUT2D eigenvalue weighted by molar-refractivity contribution is 6.26. The SMILES string of the molecule is CNC(=O)C1(N2C(=O)c3cccc(NC(C)=O)c3C2=O)CCCCC1. The minimum Gasteiger partial charge on any atom is -0.357 e. The molecule has 0 spiro atoms. The molecule has 1 aromatic carbocycles. The first kappa shape index (κ1) is 17.1. The van der Waals surface area contributed by atoms with Crippen LogP contribution < -0.4 is 10.6 Å². The number of benzene rings is 1. The van der Waals surface area contributed by atoms with Crippen molar-refractivity contribution in [2.45, 2.75) is 44.6 Å². The molecule has 7 heteroatoms. The van der Waals surface area contributed by atoms with Crippen molar-refractivity contribution in [3.63, 3.8) is 0 Å². The van der Waals surface area contributed by atoms with Gasteiger partial charge >= 0.3 is 0 Å². The van der Waals surface area contributed by atoms with Gasteiger partial charge in [0.25, 0.3) is 11.8 Å². The largest absolute Gasteiger partial charge is 0.357 e. The third-order valence-corrected chi connectivity index (χ3v) is 4.98. The van der Waals surface area contributed by atoms with Crippen LogP contribution in [0, 0.1) is 0 Å². The van der Waals surface area contributed by atoms with Crippen molar-refractivity contribution in [2.75, 3.05) is 12.4 Å². The molecule has 1 fully saturated rings. The molecule has 1 aliphatic carbocycles. The van der Waals surface area contributed by atoms with E-state index in [-0.39, 0.29) is 22.9 Å². The van der Waals surface area contributed by atoms with Crippen molar-refractivity contribution in [3.05, 3.63) is 29.3 Å². The lowest BCUT2D eigenvalue weighted by Gasteiger charge is -2.41. The van der Waals surface area contributed by atoms with Crippen LogP contribution in [0.4, 0.5) is 5.69 Å². The summed E-state index contributed by atoms with van der Waals surface area (Å²) in [6.45, 7) is 1.34. The van der Waals surface area contributed by atoms with Gasteiger partial charge in [0, 0.05) is 14.0 Å². The smallest absolute Gasteiger partial charge is 0.264 e. The normalized spacial score (nSPS) is 18.7. The molecule has 0 aromatic heterocycles. The van der Waals surface area contributed by atoms with E-state index in [4.69, 9.17) is 0 Å². The number of anilines is 1. The summed E-state index contributed by atoms with van der Waals surface area (Å²) in [4.78, 5) is 51.3. The van der Waals surface area contributed by atoms with Gasteiger partial charge in [0.15, 0.2) is 0 Å². The lowest BCUT2D eigenvalue weighted by Crippen LogP contribution is -2.61. The van der Waals surface area contributed by atoms with Crippen LogP contribution >= 0.6 is 0 Å². The summed E-state index contributed by atoms with van der Waals surface area (Å²) in [5.41, 5.74) is -0.469. The van der Waals surface area contributed by atoms with Gasteiger partial charge in [-0.1, -0.05) is 25.3 Å². The zero-order valence-electron chi connectivity index (χ0n) is 14.3. The highest BCUT2D eigenvalue weighted by Crippen LogP contribution is 2.41. The topological polar surface area (TPSA) is 95.6 Å². The molecule has 3 rings (SSSR count). The van der Waals surface area contributed by atoms with Crippen LogP contribution in [0.2, 0.25) is 0 Å². The molecule has 7 nitrogen and oxygen atoms in total. The van der Waals surface area contributed by atoms with Gasteiger partial charge in [-0.05, 0) is 25.0 Å². The molecular weight excluding hydrogens is 322 g/mol. The molecule has 132 valence electrons. The Morgan fingerprint density at radius 3 is 2.36 bits per heavy atom. The van der Waals surface area contributed by atoms with Crippen LogP contribution in [0.25, 0.3) is 0 Å². The standard InChI is InChI=1S/C18H21N3O4/c1-11(22)20-13-8-6-7-12-14(13)16(24)21(15(12)23)18(17(25)19-2)9-4-3-5-10-18/h6-8H,3-5,9-10H2,1-2H3,(H,19,25)(H,20,22). The average molecular weight is 343 g/mol. The lowest BCUT2D eigenvalue weighted by molar-refractivity contribution is -0.132. The third-order valence-electron chi connectivity index (χ3n) is 4.98. The van der Waals surface area contributed by atoms with Crippen LogP contribution in [-0.2, 0) is 9.59 Å². The van der Waals surface area contributed by atoms with Crippen LogP contribution in [-0.4, -0.2) is 41.1 Å². The maximum atomic E-state index is 13.1. The third kappa shape index (κ3) is 2.59. The van der Waals surface area contributed by atoms with Crippen LogP contribution in [0.1, 0.15) is 59.7 Å². The zero-order valence-corrected chi connectivity index (χ0v) is 14.3. The Morgan fingerprint density at radius 1 is 1.08 bits per heavy atom. The van der Waals surface area contributed by atoms with Crippen molar-refractivity contribution < 1.29 is 19.2 Å². The molecule has 1 aromatic rings. The first-order valence-electron chi connectivity index (χ1n) is 8.44. The van der Waals surface area contributed by atoms with Crippen LogP contribution in [0.15, 0.2) is 18.2 Å². The van der Waals surface area contributed by atoms with E-state index < -0.39 is 17.4 Å². The van der Waals surface area contributed by atoms with Gasteiger partial charge in [0.05, 0.1) is 16.8 Å². The highest BCUT2D eigenvalue weighted by atomic mass is 16.2. The number of nitrogens with zero attached hydrogens (tertiary/aromatic N) is 1. The van der Waals surface area contributed by atoms with Gasteiger partial charge in [0.2, 0.25) is 11.8 Å². The number of nitrogens with one attached hydrogen (secondary N) is 2. The first-order valence-corrected chi connectivity index (χ1v) is 8.44. The Balaban J connectivity index is 2.10. The number of amides is 4. The van der Waals surface area contributed by atoms with Gasteiger partial charge in [-0.3, -0.25) is 24.1 Å². The fourth-order valence-electron chi connectivity index (χ4n) is 3.89. The summed E-state index contributed by atoms with van der Waals surface area (Å²) >= 11 is 0. The minimum atomic E-state index is -1.16. The maximum absolute atomic E-state index is 13.1. The van der Waals surface area contributed by atoms with E-state index in [1.807, 2.05) is 0 Å². The van der Waals surface area contributed by atoms with Gasteiger partial charge in [0.1, 0.15) is 5.54 Å². The summed E-state index contributed by atoms with van der Waals surface area (Å²) < 4.78 is 0. The fourth-order valence-corrected chi connectivity index (χ4v) is 3.89. The molecule has 2 N–H and O–H groups in total. The van der Waals surface area contributed by atoms with Crippen molar-refractivity contribution in [2.24, 2.45) is 0 Å². The summed E-state index contributed by atoms with van der Waals surface area (Å²) in [5, 5.41) is 5.21. The molecule has 0 bridgehead atoms. The average Bonchev–Trinajstić information content (AvgIpc) is 2.86. The number of likely N-dealkylation sites (N-methyl/N-ethyl adjacent to an activating group) is 1. The molecule has 0 saturated heterocycles. The Kier molecular flexibility index (Phi) is 4.32. The number of carbonyl (C=O) groups excluding carboxylic acids is 4. The summed E-state index contributed by atoms with van der Waals surface area (Å²) in [6.07, 6.45) is 3.43. The predicted octanol–water partition coefficient (Wildman–Crippen LogP) is 1.69. The quantitative estimate of drug-likeness (QED) is 0.817. The molecule has 1 heterocycles. The van der Waals surface area contributed by atoms with Crippen molar-refractivity contribution >= 4 is 29.3 Å². The lowest BCUT2D eigenvalue weighted by atomic mass is 9.79. The number of fused-ring (bicyclic) bond motifs is 1. The molecule has 2 aliphatic rings. The van der Waals surface area contributed by atoms with E-state index in [0.29, 0.717) is 18.5 Å². The number of rotatable bonds is 3. The van der Waals surface area contributed by atoms with E-state index in [1.165, 1.54) is 14.0 Å². The van der Waals surface area contributed by atoms with E-state index in [2.05, 4.69) is 10.6 Å². The summed E-state index contributed by atoms with van der Waals surface area (Å²) in [5.74, 6) is -1.64. The van der Waals surface area contributed by atoms with Gasteiger partial charge in [-0.25, -0.2) is 0 Å². The zero-order chi connectivity index (χ0) is 18.2. The molecule has 4 amide bonds. The van der Waals surface area contributed by atoms with Crippen molar-refractivity contribution in [1.82, 2.24) is 10.2 Å². The Hall–Kier alpha value is -2.70.